The number of aromatic nitrogens is 1. The van der Waals surface area contributed by atoms with Gasteiger partial charge in [-0.2, -0.15) is 13.2 Å². The van der Waals surface area contributed by atoms with E-state index in [-0.39, 0.29) is 11.1 Å². The minimum absolute atomic E-state index is 0.249. The molecule has 6 heteroatoms. The van der Waals surface area contributed by atoms with E-state index in [0.29, 0.717) is 4.47 Å². The average Bonchev–Trinajstić information content (AvgIpc) is 2.37. The summed E-state index contributed by atoms with van der Waals surface area (Å²) in [5.74, 6) is 0. The van der Waals surface area contributed by atoms with E-state index in [9.17, 15) is 18.3 Å². The monoisotopic (exact) mass is 331 g/mol. The minimum Gasteiger partial charge on any atom is -0.372 e. The van der Waals surface area contributed by atoms with E-state index in [2.05, 4.69) is 20.9 Å². The summed E-state index contributed by atoms with van der Waals surface area (Å²) in [5.41, 5.74) is -3.58. The third-order valence-electron chi connectivity index (χ3n) is 2.75. The Bertz CT molecular complexity index is 574. The largest absolute Gasteiger partial charge is 0.425 e. The molecule has 1 heterocycles. The van der Waals surface area contributed by atoms with Gasteiger partial charge in [0, 0.05) is 22.4 Å². The Balaban J connectivity index is 2.66. The first-order valence-electron chi connectivity index (χ1n) is 5.31. The van der Waals surface area contributed by atoms with Gasteiger partial charge in [-0.3, -0.25) is 4.98 Å². The summed E-state index contributed by atoms with van der Waals surface area (Å²) in [6.45, 7) is 0. The molecule has 0 aliphatic carbocycles. The maximum Gasteiger partial charge on any atom is 0.425 e. The number of hydrogen-bond donors (Lipinski definition) is 1. The van der Waals surface area contributed by atoms with Gasteiger partial charge in [0.1, 0.15) is 0 Å². The maximum absolute atomic E-state index is 13.3. The standard InChI is InChI=1S/C13H9BrF3NO/c14-11-3-1-2-10(8-11)12(19,13(15,16)17)9-4-6-18-7-5-9/h1-8,19H. The fourth-order valence-electron chi connectivity index (χ4n) is 1.80. The number of pyridine rings is 1. The lowest BCUT2D eigenvalue weighted by Gasteiger charge is -2.31. The molecule has 0 saturated heterocycles. The Hall–Kier alpha value is -1.40. The number of halogens is 4. The molecule has 2 rings (SSSR count). The predicted octanol–water partition coefficient (Wildman–Crippen LogP) is 3.64. The van der Waals surface area contributed by atoms with Crippen LogP contribution in [-0.2, 0) is 5.60 Å². The van der Waals surface area contributed by atoms with Gasteiger partial charge in [-0.1, -0.05) is 28.1 Å². The van der Waals surface area contributed by atoms with Crippen LogP contribution in [0.5, 0.6) is 0 Å². The van der Waals surface area contributed by atoms with Crippen molar-refractivity contribution in [2.75, 3.05) is 0 Å². The quantitative estimate of drug-likeness (QED) is 0.911. The molecule has 1 aromatic heterocycles. The van der Waals surface area contributed by atoms with E-state index in [1.165, 1.54) is 30.6 Å². The predicted molar refractivity (Wildman–Crippen MR) is 67.4 cm³/mol. The van der Waals surface area contributed by atoms with Crippen molar-refractivity contribution in [3.05, 3.63) is 64.4 Å². The average molecular weight is 332 g/mol. The van der Waals surface area contributed by atoms with E-state index >= 15 is 0 Å². The van der Waals surface area contributed by atoms with Gasteiger partial charge in [0.05, 0.1) is 0 Å². The molecular weight excluding hydrogens is 323 g/mol. The summed E-state index contributed by atoms with van der Waals surface area (Å²) in [5, 5.41) is 10.2. The van der Waals surface area contributed by atoms with Crippen molar-refractivity contribution in [1.82, 2.24) is 4.98 Å². The van der Waals surface area contributed by atoms with Crippen LogP contribution in [0.3, 0.4) is 0 Å². The zero-order valence-electron chi connectivity index (χ0n) is 9.53. The molecule has 0 fully saturated rings. The normalized spacial score (nSPS) is 15.0. The molecule has 0 amide bonds. The number of benzene rings is 1. The van der Waals surface area contributed by atoms with E-state index in [0.717, 1.165) is 12.1 Å². The highest BCUT2D eigenvalue weighted by molar-refractivity contribution is 9.10. The molecule has 1 unspecified atom stereocenters. The van der Waals surface area contributed by atoms with Gasteiger partial charge in [0.2, 0.25) is 5.60 Å². The van der Waals surface area contributed by atoms with Crippen LogP contribution in [0.15, 0.2) is 53.3 Å². The molecule has 2 aromatic rings. The Kier molecular flexibility index (Phi) is 3.64. The van der Waals surface area contributed by atoms with Gasteiger partial charge in [0.25, 0.3) is 0 Å². The molecule has 1 atom stereocenters. The number of alkyl halides is 3. The molecule has 0 saturated carbocycles. The van der Waals surface area contributed by atoms with E-state index in [1.54, 1.807) is 6.07 Å². The highest BCUT2D eigenvalue weighted by Crippen LogP contribution is 2.44. The van der Waals surface area contributed by atoms with Crippen molar-refractivity contribution in [1.29, 1.82) is 0 Å². The van der Waals surface area contributed by atoms with Gasteiger partial charge < -0.3 is 5.11 Å². The SMILES string of the molecule is OC(c1ccncc1)(c1cccc(Br)c1)C(F)(F)F. The number of rotatable bonds is 2. The van der Waals surface area contributed by atoms with Crippen LogP contribution >= 0.6 is 15.9 Å². The second kappa shape index (κ2) is 4.94. The van der Waals surface area contributed by atoms with E-state index in [4.69, 9.17) is 0 Å². The summed E-state index contributed by atoms with van der Waals surface area (Å²) in [4.78, 5) is 3.66. The lowest BCUT2D eigenvalue weighted by Crippen LogP contribution is -2.43. The van der Waals surface area contributed by atoms with Crippen LogP contribution in [-0.4, -0.2) is 16.3 Å². The first-order chi connectivity index (χ1) is 8.85. The third kappa shape index (κ3) is 2.50. The van der Waals surface area contributed by atoms with Crippen LogP contribution in [0.4, 0.5) is 13.2 Å². The van der Waals surface area contributed by atoms with Crippen LogP contribution in [0.1, 0.15) is 11.1 Å². The van der Waals surface area contributed by atoms with E-state index < -0.39 is 11.8 Å². The molecule has 19 heavy (non-hydrogen) atoms. The van der Waals surface area contributed by atoms with Gasteiger partial charge in [-0.25, -0.2) is 0 Å². The highest BCUT2D eigenvalue weighted by atomic mass is 79.9. The van der Waals surface area contributed by atoms with Crippen LogP contribution in [0.25, 0.3) is 0 Å². The summed E-state index contributed by atoms with van der Waals surface area (Å²) in [6, 6.07) is 7.81. The zero-order valence-corrected chi connectivity index (χ0v) is 11.1. The molecule has 0 aliphatic rings. The van der Waals surface area contributed by atoms with Crippen molar-refractivity contribution in [3.63, 3.8) is 0 Å². The van der Waals surface area contributed by atoms with Crippen LogP contribution in [0.2, 0.25) is 0 Å². The van der Waals surface area contributed by atoms with Gasteiger partial charge in [-0.05, 0) is 29.8 Å². The first kappa shape index (κ1) is 14.0. The summed E-state index contributed by atoms with van der Waals surface area (Å²) < 4.78 is 40.4. The Morgan fingerprint density at radius 1 is 1.00 bits per heavy atom. The topological polar surface area (TPSA) is 33.1 Å². The van der Waals surface area contributed by atoms with Crippen molar-refractivity contribution in [3.8, 4) is 0 Å². The highest BCUT2D eigenvalue weighted by Gasteiger charge is 2.56. The van der Waals surface area contributed by atoms with Crippen molar-refractivity contribution >= 4 is 15.9 Å². The lowest BCUT2D eigenvalue weighted by molar-refractivity contribution is -0.248. The van der Waals surface area contributed by atoms with Crippen molar-refractivity contribution in [2.45, 2.75) is 11.8 Å². The minimum atomic E-state index is -4.84. The molecule has 0 spiro atoms. The molecule has 0 aliphatic heterocycles. The van der Waals surface area contributed by atoms with Gasteiger partial charge >= 0.3 is 6.18 Å². The molecule has 1 aromatic carbocycles. The summed E-state index contributed by atoms with van der Waals surface area (Å²) >= 11 is 3.10. The Labute approximate surface area is 116 Å². The smallest absolute Gasteiger partial charge is 0.372 e. The molecular formula is C13H9BrF3NO. The second-order valence-corrected chi connectivity index (χ2v) is 4.87. The molecule has 100 valence electrons. The maximum atomic E-state index is 13.3. The summed E-state index contributed by atoms with van der Waals surface area (Å²) in [6.07, 6.45) is -2.41. The van der Waals surface area contributed by atoms with Crippen LogP contribution in [0, 0.1) is 0 Å². The summed E-state index contributed by atoms with van der Waals surface area (Å²) in [7, 11) is 0. The van der Waals surface area contributed by atoms with Gasteiger partial charge in [-0.15, -0.1) is 0 Å². The number of nitrogens with zero attached hydrogens (tertiary/aromatic N) is 1. The molecule has 2 nitrogen and oxygen atoms in total. The first-order valence-corrected chi connectivity index (χ1v) is 6.10. The zero-order chi connectivity index (χ0) is 14.1. The molecule has 1 N–H and O–H groups in total. The molecule has 0 bridgehead atoms. The lowest BCUT2D eigenvalue weighted by atomic mass is 9.86. The number of hydrogen-bond acceptors (Lipinski definition) is 2. The Morgan fingerprint density at radius 2 is 1.63 bits per heavy atom. The van der Waals surface area contributed by atoms with Crippen molar-refractivity contribution in [2.24, 2.45) is 0 Å². The fraction of sp³-hybridized carbons (Fsp3) is 0.154. The third-order valence-corrected chi connectivity index (χ3v) is 3.24. The fourth-order valence-corrected chi connectivity index (χ4v) is 2.20. The number of aliphatic hydroxyl groups is 1. The molecule has 0 radical (unpaired) electrons. The van der Waals surface area contributed by atoms with E-state index in [1.807, 2.05) is 0 Å². The van der Waals surface area contributed by atoms with Crippen molar-refractivity contribution < 1.29 is 18.3 Å². The van der Waals surface area contributed by atoms with Crippen LogP contribution < -0.4 is 0 Å². The second-order valence-electron chi connectivity index (χ2n) is 3.95. The van der Waals surface area contributed by atoms with Gasteiger partial charge in [0.15, 0.2) is 0 Å². The Morgan fingerprint density at radius 3 is 2.16 bits per heavy atom.